The van der Waals surface area contributed by atoms with Crippen molar-refractivity contribution in [1.82, 2.24) is 0 Å². The highest BCUT2D eigenvalue weighted by Gasteiger charge is 2.34. The smallest absolute Gasteiger partial charge is 0.357 e. The Labute approximate surface area is 216 Å². The third-order valence-electron chi connectivity index (χ3n) is 5.59. The second kappa shape index (κ2) is 18.8. The SMILES string of the molecule is CCCCP(CCCC)(CCCC)=C(C(=O)OC)C(=NC=C(C(=O)OCC)C(=O)OCC)C(=O)OC. The van der Waals surface area contributed by atoms with Gasteiger partial charge < -0.3 is 18.9 Å². The minimum absolute atomic E-state index is 0.0301. The van der Waals surface area contributed by atoms with Crippen LogP contribution in [0.4, 0.5) is 0 Å². The molecule has 0 saturated carbocycles. The third kappa shape index (κ3) is 10.3. The minimum Gasteiger partial charge on any atom is -0.465 e. The molecule has 0 atom stereocenters. The van der Waals surface area contributed by atoms with Crippen molar-refractivity contribution in [3.63, 3.8) is 0 Å². The molecular weight excluding hydrogens is 485 g/mol. The van der Waals surface area contributed by atoms with Crippen molar-refractivity contribution in [2.24, 2.45) is 4.99 Å². The van der Waals surface area contributed by atoms with Crippen LogP contribution in [-0.4, -0.2) is 80.8 Å². The maximum atomic E-state index is 13.3. The van der Waals surface area contributed by atoms with Crippen LogP contribution >= 0.6 is 6.89 Å². The lowest BCUT2D eigenvalue weighted by molar-refractivity contribution is -0.146. The van der Waals surface area contributed by atoms with Crippen LogP contribution in [0.2, 0.25) is 0 Å². The van der Waals surface area contributed by atoms with Crippen LogP contribution in [0.3, 0.4) is 0 Å². The quantitative estimate of drug-likeness (QED) is 0.0518. The van der Waals surface area contributed by atoms with Crippen molar-refractivity contribution in [3.8, 4) is 0 Å². The summed E-state index contributed by atoms with van der Waals surface area (Å²) in [6, 6.07) is 0. The lowest BCUT2D eigenvalue weighted by Gasteiger charge is -2.30. The van der Waals surface area contributed by atoms with Gasteiger partial charge in [0.25, 0.3) is 0 Å². The molecule has 206 valence electrons. The first kappa shape index (κ1) is 33.6. The fourth-order valence-corrected chi connectivity index (χ4v) is 8.89. The predicted octanol–water partition coefficient (Wildman–Crippen LogP) is 4.37. The van der Waals surface area contributed by atoms with Crippen molar-refractivity contribution in [2.45, 2.75) is 73.1 Å². The number of methoxy groups -OCH3 is 2. The Morgan fingerprint density at radius 2 is 1.08 bits per heavy atom. The highest BCUT2D eigenvalue weighted by molar-refractivity contribution is 7.80. The number of nitrogens with zero attached hydrogens (tertiary/aromatic N) is 1. The number of rotatable bonds is 17. The van der Waals surface area contributed by atoms with E-state index in [1.165, 1.54) is 14.2 Å². The molecule has 0 amide bonds. The van der Waals surface area contributed by atoms with E-state index in [0.29, 0.717) is 0 Å². The molecule has 0 N–H and O–H groups in total. The van der Waals surface area contributed by atoms with Gasteiger partial charge in [0, 0.05) is 6.20 Å². The molecule has 10 heteroatoms. The number of carbonyl (C=O) groups is 4. The predicted molar refractivity (Wildman–Crippen MR) is 144 cm³/mol. The summed E-state index contributed by atoms with van der Waals surface area (Å²) in [6.07, 6.45) is 8.62. The molecule has 0 unspecified atom stereocenters. The van der Waals surface area contributed by atoms with Gasteiger partial charge in [-0.25, -0.2) is 24.2 Å². The summed E-state index contributed by atoms with van der Waals surface area (Å²) < 4.78 is 20.1. The Bertz CT molecular complexity index is 811. The van der Waals surface area contributed by atoms with E-state index in [1.807, 2.05) is 0 Å². The number of aliphatic imine (C=N–C) groups is 1. The van der Waals surface area contributed by atoms with Gasteiger partial charge in [0.2, 0.25) is 0 Å². The fraction of sp³-hybridized carbons (Fsp3) is 0.692. The van der Waals surface area contributed by atoms with Crippen molar-refractivity contribution in [3.05, 3.63) is 11.8 Å². The van der Waals surface area contributed by atoms with Crippen molar-refractivity contribution in [2.75, 3.05) is 45.9 Å². The van der Waals surface area contributed by atoms with Crippen LogP contribution in [0.1, 0.15) is 73.1 Å². The summed E-state index contributed by atoms with van der Waals surface area (Å²) in [4.78, 5) is 55.4. The molecule has 0 bridgehead atoms. The molecule has 0 aliphatic rings. The minimum atomic E-state index is -2.24. The largest absolute Gasteiger partial charge is 0.465 e. The van der Waals surface area contributed by atoms with Gasteiger partial charge in [0.05, 0.1) is 32.7 Å². The molecule has 0 rings (SSSR count). The van der Waals surface area contributed by atoms with Gasteiger partial charge in [-0.1, -0.05) is 46.9 Å². The van der Waals surface area contributed by atoms with Crippen LogP contribution < -0.4 is 0 Å². The Morgan fingerprint density at radius 1 is 0.667 bits per heavy atom. The summed E-state index contributed by atoms with van der Waals surface area (Å²) in [7, 11) is 2.46. The van der Waals surface area contributed by atoms with Gasteiger partial charge in [-0.2, -0.15) is 0 Å². The monoisotopic (exact) mass is 529 g/mol. The zero-order chi connectivity index (χ0) is 27.6. The van der Waals surface area contributed by atoms with E-state index in [1.54, 1.807) is 13.8 Å². The summed E-state index contributed by atoms with van der Waals surface area (Å²) in [5.41, 5.74) is -0.726. The van der Waals surface area contributed by atoms with Gasteiger partial charge >= 0.3 is 23.9 Å². The average molecular weight is 530 g/mol. The number of carbonyl (C=O) groups excluding carboxylic acids is 4. The average Bonchev–Trinajstić information content (AvgIpc) is 2.87. The molecule has 0 spiro atoms. The molecule has 0 heterocycles. The van der Waals surface area contributed by atoms with E-state index in [-0.39, 0.29) is 24.2 Å². The molecule has 0 aliphatic carbocycles. The molecule has 0 aromatic rings. The molecule has 0 saturated heterocycles. The lowest BCUT2D eigenvalue weighted by Crippen LogP contribution is -2.35. The molecule has 0 aromatic heterocycles. The second-order valence-corrected chi connectivity index (χ2v) is 12.2. The van der Waals surface area contributed by atoms with Crippen LogP contribution in [-0.2, 0) is 38.1 Å². The molecule has 0 fully saturated rings. The fourth-order valence-electron chi connectivity index (χ4n) is 3.71. The Morgan fingerprint density at radius 3 is 1.42 bits per heavy atom. The summed E-state index contributed by atoms with van der Waals surface area (Å²) in [5, 5.41) is 0.218. The van der Waals surface area contributed by atoms with E-state index in [2.05, 4.69) is 25.8 Å². The maximum absolute atomic E-state index is 13.3. The Kier molecular flexibility index (Phi) is 17.5. The third-order valence-corrected chi connectivity index (χ3v) is 10.4. The van der Waals surface area contributed by atoms with Crippen molar-refractivity contribution < 1.29 is 38.1 Å². The van der Waals surface area contributed by atoms with E-state index in [4.69, 9.17) is 18.9 Å². The number of ether oxygens (including phenoxy) is 4. The molecule has 0 aromatic carbocycles. The molecule has 0 aliphatic heterocycles. The van der Waals surface area contributed by atoms with Crippen molar-refractivity contribution >= 4 is 41.8 Å². The van der Waals surface area contributed by atoms with E-state index in [9.17, 15) is 19.2 Å². The van der Waals surface area contributed by atoms with Crippen molar-refractivity contribution in [1.29, 1.82) is 0 Å². The zero-order valence-electron chi connectivity index (χ0n) is 23.0. The molecule has 36 heavy (non-hydrogen) atoms. The number of hydrogen-bond acceptors (Lipinski definition) is 9. The highest BCUT2D eigenvalue weighted by atomic mass is 31.2. The van der Waals surface area contributed by atoms with Crippen LogP contribution in [0, 0.1) is 0 Å². The van der Waals surface area contributed by atoms with Gasteiger partial charge in [-0.05, 0) is 51.6 Å². The summed E-state index contributed by atoms with van der Waals surface area (Å²) in [6.45, 7) is 7.26. The molecule has 0 radical (unpaired) electrons. The zero-order valence-corrected chi connectivity index (χ0v) is 23.9. The first-order valence-electron chi connectivity index (χ1n) is 12.8. The topological polar surface area (TPSA) is 118 Å². The summed E-state index contributed by atoms with van der Waals surface area (Å²) in [5.74, 6) is -3.36. The van der Waals surface area contributed by atoms with Crippen LogP contribution in [0.25, 0.3) is 0 Å². The standard InChI is InChI=1S/C26H44NO8P/c1-8-13-16-36(17-14-9-2,18-15-10-3)22(26(31)33-7)21(25(30)32-6)27-19-20(23(28)34-11-4)24(29)35-12-5/h19H,8-18H2,1-7H3. The lowest BCUT2D eigenvalue weighted by atomic mass is 10.2. The second-order valence-electron chi connectivity index (χ2n) is 8.17. The number of hydrogen-bond donors (Lipinski definition) is 0. The van der Waals surface area contributed by atoms with E-state index < -0.39 is 36.3 Å². The first-order chi connectivity index (χ1) is 17.2. The molecule has 9 nitrogen and oxygen atoms in total. The number of unbranched alkanes of at least 4 members (excludes halogenated alkanes) is 3. The van der Waals surface area contributed by atoms with Crippen LogP contribution in [0.15, 0.2) is 16.8 Å². The normalized spacial score (nSPS) is 11.4. The Hall–Kier alpha value is -2.41. The van der Waals surface area contributed by atoms with E-state index in [0.717, 1.165) is 63.2 Å². The molecular formula is C26H44NO8P. The van der Waals surface area contributed by atoms with Gasteiger partial charge in [0.1, 0.15) is 0 Å². The van der Waals surface area contributed by atoms with Gasteiger partial charge in [0.15, 0.2) is 11.3 Å². The van der Waals surface area contributed by atoms with E-state index >= 15 is 0 Å². The van der Waals surface area contributed by atoms with Crippen LogP contribution in [0.5, 0.6) is 0 Å². The Balaban J connectivity index is 7.50. The highest BCUT2D eigenvalue weighted by Crippen LogP contribution is 2.52. The number of esters is 4. The summed E-state index contributed by atoms with van der Waals surface area (Å²) >= 11 is 0. The van der Waals surface area contributed by atoms with Gasteiger partial charge in [-0.3, -0.25) is 0 Å². The first-order valence-corrected chi connectivity index (χ1v) is 15.1. The van der Waals surface area contributed by atoms with Gasteiger partial charge in [-0.15, -0.1) is 0 Å². The maximum Gasteiger partial charge on any atom is 0.357 e.